The summed E-state index contributed by atoms with van der Waals surface area (Å²) in [5, 5.41) is 12.4. The van der Waals surface area contributed by atoms with Gasteiger partial charge in [0.25, 0.3) is 11.7 Å². The van der Waals surface area contributed by atoms with Crippen LogP contribution in [0.25, 0.3) is 16.7 Å². The third kappa shape index (κ3) is 4.57. The number of aliphatic hydroxyl groups is 1. The van der Waals surface area contributed by atoms with Crippen molar-refractivity contribution in [3.05, 3.63) is 112 Å². The summed E-state index contributed by atoms with van der Waals surface area (Å²) in [7, 11) is 0. The number of nitrogens with one attached hydrogen (secondary N) is 1. The molecule has 188 valence electrons. The Morgan fingerprint density at radius 3 is 2.30 bits per heavy atom. The molecule has 2 heterocycles. The van der Waals surface area contributed by atoms with Gasteiger partial charge in [0, 0.05) is 29.2 Å². The van der Waals surface area contributed by atoms with E-state index in [0.717, 1.165) is 33.2 Å². The summed E-state index contributed by atoms with van der Waals surface area (Å²) in [6, 6.07) is 22.7. The van der Waals surface area contributed by atoms with Crippen molar-refractivity contribution in [3.8, 4) is 0 Å². The van der Waals surface area contributed by atoms with Gasteiger partial charge in [-0.15, -0.1) is 0 Å². The first-order valence-electron chi connectivity index (χ1n) is 12.7. The van der Waals surface area contributed by atoms with Gasteiger partial charge in [-0.05, 0) is 41.5 Å². The Hall–Kier alpha value is -4.12. The van der Waals surface area contributed by atoms with E-state index in [9.17, 15) is 14.7 Å². The van der Waals surface area contributed by atoms with Crippen LogP contribution in [0.5, 0.6) is 0 Å². The number of hydrogen-bond donors (Lipinski definition) is 2. The number of carbonyl (C=O) groups excluding carboxylic acids is 2. The molecule has 1 amide bonds. The van der Waals surface area contributed by atoms with E-state index in [4.69, 9.17) is 0 Å². The van der Waals surface area contributed by atoms with E-state index in [1.165, 1.54) is 0 Å². The van der Waals surface area contributed by atoms with Crippen LogP contribution in [0, 0.1) is 6.92 Å². The lowest BCUT2D eigenvalue weighted by Gasteiger charge is -2.26. The molecule has 4 aromatic rings. The van der Waals surface area contributed by atoms with Gasteiger partial charge in [0.2, 0.25) is 0 Å². The fourth-order valence-electron chi connectivity index (χ4n) is 5.07. The molecule has 0 bridgehead atoms. The highest BCUT2D eigenvalue weighted by molar-refractivity contribution is 6.46. The molecule has 0 spiro atoms. The Morgan fingerprint density at radius 1 is 0.946 bits per heavy atom. The van der Waals surface area contributed by atoms with E-state index in [2.05, 4.69) is 31.8 Å². The van der Waals surface area contributed by atoms with Gasteiger partial charge in [-0.25, -0.2) is 0 Å². The predicted octanol–water partition coefficient (Wildman–Crippen LogP) is 6.44. The normalized spacial score (nSPS) is 17.6. The molecule has 1 saturated heterocycles. The second-order valence-corrected chi connectivity index (χ2v) is 10.8. The first-order chi connectivity index (χ1) is 17.6. The maximum absolute atomic E-state index is 13.4. The number of hydrogen-bond acceptors (Lipinski definition) is 3. The average molecular weight is 493 g/mol. The van der Waals surface area contributed by atoms with Crippen LogP contribution in [0.3, 0.4) is 0 Å². The number of aryl methyl sites for hydroxylation is 1. The van der Waals surface area contributed by atoms with Crippen molar-refractivity contribution < 1.29 is 14.7 Å². The number of rotatable bonds is 5. The molecule has 5 nitrogen and oxygen atoms in total. The fraction of sp³-hybridized carbons (Fsp3) is 0.250. The number of amides is 1. The lowest BCUT2D eigenvalue weighted by atomic mass is 9.85. The Morgan fingerprint density at radius 2 is 1.62 bits per heavy atom. The summed E-state index contributed by atoms with van der Waals surface area (Å²) < 4.78 is 0. The van der Waals surface area contributed by atoms with Crippen molar-refractivity contribution in [2.75, 3.05) is 6.54 Å². The van der Waals surface area contributed by atoms with E-state index in [0.29, 0.717) is 18.5 Å². The second kappa shape index (κ2) is 9.40. The zero-order valence-electron chi connectivity index (χ0n) is 21.7. The summed E-state index contributed by atoms with van der Waals surface area (Å²) in [5.41, 5.74) is 5.76. The SMILES string of the molecule is Cc1ccc(C(O)=C2C(=O)C(=O)N(CCc3c[nH]c4ccccc34)[C@@H]2c2ccc(C(C)(C)C)cc2)cc1. The minimum atomic E-state index is -0.666. The second-order valence-electron chi connectivity index (χ2n) is 10.8. The molecule has 0 radical (unpaired) electrons. The fourth-order valence-corrected chi connectivity index (χ4v) is 5.07. The van der Waals surface area contributed by atoms with Gasteiger partial charge in [0.05, 0.1) is 11.6 Å². The number of likely N-dealkylation sites (tertiary alicyclic amines) is 1. The number of Topliss-reactive ketones (excluding diaryl/α,β-unsaturated/α-hetero) is 1. The number of H-pyrrole nitrogens is 1. The molecular weight excluding hydrogens is 460 g/mol. The third-order valence-electron chi connectivity index (χ3n) is 7.25. The van der Waals surface area contributed by atoms with Gasteiger partial charge < -0.3 is 15.0 Å². The molecule has 1 aliphatic rings. The van der Waals surface area contributed by atoms with Crippen molar-refractivity contribution in [3.63, 3.8) is 0 Å². The summed E-state index contributed by atoms with van der Waals surface area (Å²) in [4.78, 5) is 31.6. The standard InChI is InChI=1S/C32H32N2O3/c1-20-9-11-22(12-10-20)29(35)27-28(21-13-15-24(16-14-21)32(2,3)4)34(31(37)30(27)36)18-17-23-19-33-26-8-6-5-7-25(23)26/h5-16,19,28,33,35H,17-18H2,1-4H3/t28-/m1/s1. The Balaban J connectivity index is 1.57. The zero-order chi connectivity index (χ0) is 26.3. The molecular formula is C32H32N2O3. The van der Waals surface area contributed by atoms with Crippen LogP contribution < -0.4 is 0 Å². The topological polar surface area (TPSA) is 73.4 Å². The molecule has 5 heteroatoms. The Labute approximate surface area is 217 Å². The quantitative estimate of drug-likeness (QED) is 0.191. The van der Waals surface area contributed by atoms with Crippen molar-refractivity contribution in [2.24, 2.45) is 0 Å². The molecule has 0 saturated carbocycles. The van der Waals surface area contributed by atoms with Gasteiger partial charge in [-0.1, -0.05) is 93.1 Å². The van der Waals surface area contributed by atoms with Crippen LogP contribution in [-0.4, -0.2) is 33.2 Å². The van der Waals surface area contributed by atoms with Crippen molar-refractivity contribution in [1.29, 1.82) is 0 Å². The summed E-state index contributed by atoms with van der Waals surface area (Å²) in [5.74, 6) is -1.38. The smallest absolute Gasteiger partial charge is 0.295 e. The highest BCUT2D eigenvalue weighted by Crippen LogP contribution is 2.40. The molecule has 37 heavy (non-hydrogen) atoms. The maximum Gasteiger partial charge on any atom is 0.295 e. The van der Waals surface area contributed by atoms with Gasteiger partial charge >= 0.3 is 0 Å². The van der Waals surface area contributed by atoms with Crippen LogP contribution in [0.1, 0.15) is 54.6 Å². The van der Waals surface area contributed by atoms with Gasteiger partial charge in [0.15, 0.2) is 0 Å². The van der Waals surface area contributed by atoms with Crippen LogP contribution in [-0.2, 0) is 21.4 Å². The average Bonchev–Trinajstić information content (AvgIpc) is 3.41. The van der Waals surface area contributed by atoms with Crippen LogP contribution in [0.4, 0.5) is 0 Å². The van der Waals surface area contributed by atoms with Crippen molar-refractivity contribution >= 4 is 28.4 Å². The minimum absolute atomic E-state index is 0.0302. The molecule has 0 unspecified atom stereocenters. The first kappa shape index (κ1) is 24.6. The number of aliphatic hydroxyl groups excluding tert-OH is 1. The van der Waals surface area contributed by atoms with E-state index >= 15 is 0 Å². The van der Waals surface area contributed by atoms with E-state index < -0.39 is 17.7 Å². The van der Waals surface area contributed by atoms with Gasteiger partial charge in [-0.3, -0.25) is 9.59 Å². The monoisotopic (exact) mass is 492 g/mol. The molecule has 2 N–H and O–H groups in total. The van der Waals surface area contributed by atoms with Crippen molar-refractivity contribution in [1.82, 2.24) is 9.88 Å². The Bertz CT molecular complexity index is 1500. The molecule has 1 atom stereocenters. The molecule has 1 fully saturated rings. The van der Waals surface area contributed by atoms with Crippen molar-refractivity contribution in [2.45, 2.75) is 45.6 Å². The van der Waals surface area contributed by atoms with E-state index in [1.807, 2.05) is 67.7 Å². The van der Waals surface area contributed by atoms with Crippen LogP contribution >= 0.6 is 0 Å². The Kier molecular flexibility index (Phi) is 6.24. The number of para-hydroxylation sites is 1. The summed E-state index contributed by atoms with van der Waals surface area (Å²) >= 11 is 0. The largest absolute Gasteiger partial charge is 0.507 e. The molecule has 1 aromatic heterocycles. The number of nitrogens with zero attached hydrogens (tertiary/aromatic N) is 1. The zero-order valence-corrected chi connectivity index (χ0v) is 21.7. The maximum atomic E-state index is 13.4. The lowest BCUT2D eigenvalue weighted by molar-refractivity contribution is -0.139. The number of aromatic amines is 1. The number of ketones is 1. The minimum Gasteiger partial charge on any atom is -0.507 e. The summed E-state index contributed by atoms with van der Waals surface area (Å²) in [6.07, 6.45) is 2.54. The van der Waals surface area contributed by atoms with E-state index in [-0.39, 0.29) is 16.7 Å². The predicted molar refractivity (Wildman–Crippen MR) is 147 cm³/mol. The van der Waals surface area contributed by atoms with Crippen LogP contribution in [0.2, 0.25) is 0 Å². The van der Waals surface area contributed by atoms with E-state index in [1.54, 1.807) is 17.0 Å². The molecule has 1 aliphatic heterocycles. The summed E-state index contributed by atoms with van der Waals surface area (Å²) in [6.45, 7) is 8.75. The number of carbonyl (C=O) groups is 2. The highest BCUT2D eigenvalue weighted by atomic mass is 16.3. The highest BCUT2D eigenvalue weighted by Gasteiger charge is 2.46. The lowest BCUT2D eigenvalue weighted by Crippen LogP contribution is -2.31. The molecule has 5 rings (SSSR count). The molecule has 0 aliphatic carbocycles. The molecule has 3 aromatic carbocycles. The van der Waals surface area contributed by atoms with Crippen LogP contribution in [0.15, 0.2) is 84.6 Å². The number of fused-ring (bicyclic) bond motifs is 1. The van der Waals surface area contributed by atoms with Gasteiger partial charge in [0.1, 0.15) is 5.76 Å². The number of aromatic nitrogens is 1. The third-order valence-corrected chi connectivity index (χ3v) is 7.25. The first-order valence-corrected chi connectivity index (χ1v) is 12.7. The number of benzene rings is 3. The van der Waals surface area contributed by atoms with Gasteiger partial charge in [-0.2, -0.15) is 0 Å².